The number of fused-ring (bicyclic) bond motifs is 1. The van der Waals surface area contributed by atoms with Crippen LogP contribution in [0.4, 0.5) is 0 Å². The zero-order valence-corrected chi connectivity index (χ0v) is 11.8. The molecule has 0 spiro atoms. The number of ether oxygens (including phenoxy) is 1. The van der Waals surface area contributed by atoms with Gasteiger partial charge in [0, 0.05) is 0 Å². The quantitative estimate of drug-likeness (QED) is 0.793. The zero-order valence-electron chi connectivity index (χ0n) is 11.8. The smallest absolute Gasteiger partial charge is 0.328 e. The van der Waals surface area contributed by atoms with E-state index in [2.05, 4.69) is 10.3 Å². The summed E-state index contributed by atoms with van der Waals surface area (Å²) in [6.07, 6.45) is 0.744. The lowest BCUT2D eigenvalue weighted by Gasteiger charge is -2.10. The molecular formula is C14H19N3O2. The third-order valence-electron chi connectivity index (χ3n) is 3.32. The molecule has 1 aromatic carbocycles. The zero-order chi connectivity index (χ0) is 14.0. The number of nitrogens with zero attached hydrogens (tertiary/aromatic N) is 3. The van der Waals surface area contributed by atoms with E-state index in [0.29, 0.717) is 0 Å². The number of aryl methyl sites for hydroxylation is 2. The van der Waals surface area contributed by atoms with Gasteiger partial charge in [0.05, 0.1) is 11.6 Å². The van der Waals surface area contributed by atoms with Crippen LogP contribution in [0.2, 0.25) is 0 Å². The number of carbonyl (C=O) groups is 1. The minimum absolute atomic E-state index is 0.0636. The maximum absolute atomic E-state index is 11.8. The SMILES string of the molecule is CCC(C)OC(=O)Cn1nnc2cc(C)c(C)cc21. The third kappa shape index (κ3) is 2.92. The standard InChI is InChI=1S/C14H19N3O2/c1-5-11(4)19-14(18)8-17-13-7-10(3)9(2)6-12(13)15-16-17/h6-7,11H,5,8H2,1-4H3. The first-order chi connectivity index (χ1) is 9.01. The number of aromatic nitrogens is 3. The Labute approximate surface area is 112 Å². The molecule has 5 heteroatoms. The summed E-state index contributed by atoms with van der Waals surface area (Å²) in [6.45, 7) is 8.03. The molecule has 1 heterocycles. The van der Waals surface area contributed by atoms with Crippen LogP contribution in [0, 0.1) is 13.8 Å². The van der Waals surface area contributed by atoms with Gasteiger partial charge >= 0.3 is 5.97 Å². The van der Waals surface area contributed by atoms with Crippen molar-refractivity contribution >= 4 is 17.0 Å². The normalized spacial score (nSPS) is 12.6. The molecule has 2 rings (SSSR count). The van der Waals surface area contributed by atoms with Crippen molar-refractivity contribution in [3.05, 3.63) is 23.3 Å². The molecular weight excluding hydrogens is 242 g/mol. The Morgan fingerprint density at radius 3 is 2.74 bits per heavy atom. The summed E-state index contributed by atoms with van der Waals surface area (Å²) in [4.78, 5) is 11.8. The molecule has 1 aromatic heterocycles. The van der Waals surface area contributed by atoms with Crippen LogP contribution in [-0.4, -0.2) is 27.1 Å². The van der Waals surface area contributed by atoms with Crippen LogP contribution in [0.1, 0.15) is 31.4 Å². The van der Waals surface area contributed by atoms with Crippen LogP contribution >= 0.6 is 0 Å². The highest BCUT2D eigenvalue weighted by Crippen LogP contribution is 2.17. The Morgan fingerprint density at radius 1 is 1.37 bits per heavy atom. The second-order valence-corrected chi connectivity index (χ2v) is 4.88. The Morgan fingerprint density at radius 2 is 2.05 bits per heavy atom. The molecule has 1 unspecified atom stereocenters. The molecule has 1 atom stereocenters. The average Bonchev–Trinajstić information content (AvgIpc) is 2.72. The van der Waals surface area contributed by atoms with Crippen LogP contribution in [0.25, 0.3) is 11.0 Å². The molecule has 0 fully saturated rings. The summed E-state index contributed by atoms with van der Waals surface area (Å²) in [6, 6.07) is 3.98. The fraction of sp³-hybridized carbons (Fsp3) is 0.500. The van der Waals surface area contributed by atoms with Gasteiger partial charge in [0.25, 0.3) is 0 Å². The predicted molar refractivity (Wildman–Crippen MR) is 72.8 cm³/mol. The first-order valence-electron chi connectivity index (χ1n) is 6.51. The van der Waals surface area contributed by atoms with Gasteiger partial charge in [0.2, 0.25) is 0 Å². The molecule has 5 nitrogen and oxygen atoms in total. The average molecular weight is 261 g/mol. The molecule has 0 bridgehead atoms. The van der Waals surface area contributed by atoms with Crippen molar-refractivity contribution < 1.29 is 9.53 Å². The van der Waals surface area contributed by atoms with Crippen molar-refractivity contribution in [2.24, 2.45) is 0 Å². The van der Waals surface area contributed by atoms with E-state index >= 15 is 0 Å². The summed E-state index contributed by atoms with van der Waals surface area (Å²) in [5.74, 6) is -0.278. The monoisotopic (exact) mass is 261 g/mol. The van der Waals surface area contributed by atoms with E-state index in [0.717, 1.165) is 23.0 Å². The van der Waals surface area contributed by atoms with E-state index < -0.39 is 0 Å². The largest absolute Gasteiger partial charge is 0.461 e. The minimum atomic E-state index is -0.278. The lowest BCUT2D eigenvalue weighted by atomic mass is 10.1. The second-order valence-electron chi connectivity index (χ2n) is 4.88. The van der Waals surface area contributed by atoms with Gasteiger partial charge in [-0.15, -0.1) is 5.10 Å². The van der Waals surface area contributed by atoms with Gasteiger partial charge in [-0.05, 0) is 50.5 Å². The van der Waals surface area contributed by atoms with Crippen molar-refractivity contribution in [2.75, 3.05) is 0 Å². The van der Waals surface area contributed by atoms with Crippen LogP contribution in [0.15, 0.2) is 12.1 Å². The van der Waals surface area contributed by atoms with E-state index in [1.54, 1.807) is 4.68 Å². The van der Waals surface area contributed by atoms with Gasteiger partial charge in [-0.2, -0.15) is 0 Å². The molecule has 0 aliphatic heterocycles. The highest BCUT2D eigenvalue weighted by molar-refractivity contribution is 5.78. The maximum atomic E-state index is 11.8. The number of esters is 1. The summed E-state index contributed by atoms with van der Waals surface area (Å²) in [5, 5.41) is 8.09. The van der Waals surface area contributed by atoms with Crippen molar-refractivity contribution in [3.63, 3.8) is 0 Å². The highest BCUT2D eigenvalue weighted by Gasteiger charge is 2.13. The maximum Gasteiger partial charge on any atom is 0.328 e. The van der Waals surface area contributed by atoms with Gasteiger partial charge in [-0.1, -0.05) is 12.1 Å². The molecule has 2 aromatic rings. The fourth-order valence-electron chi connectivity index (χ4n) is 1.81. The minimum Gasteiger partial charge on any atom is -0.461 e. The van der Waals surface area contributed by atoms with Gasteiger partial charge in [-0.25, -0.2) is 4.68 Å². The van der Waals surface area contributed by atoms with E-state index in [-0.39, 0.29) is 18.6 Å². The molecule has 0 N–H and O–H groups in total. The van der Waals surface area contributed by atoms with Crippen LogP contribution < -0.4 is 0 Å². The van der Waals surface area contributed by atoms with Gasteiger partial charge in [0.15, 0.2) is 0 Å². The first kappa shape index (κ1) is 13.5. The summed E-state index contributed by atoms with van der Waals surface area (Å²) in [5.41, 5.74) is 4.00. The molecule has 0 amide bonds. The van der Waals surface area contributed by atoms with Crippen molar-refractivity contribution in [1.29, 1.82) is 0 Å². The van der Waals surface area contributed by atoms with Crippen molar-refractivity contribution in [2.45, 2.75) is 46.8 Å². The molecule has 0 saturated heterocycles. The molecule has 0 saturated carbocycles. The molecule has 0 aliphatic carbocycles. The van der Waals surface area contributed by atoms with E-state index in [1.807, 2.05) is 39.8 Å². The summed E-state index contributed by atoms with van der Waals surface area (Å²) >= 11 is 0. The summed E-state index contributed by atoms with van der Waals surface area (Å²) in [7, 11) is 0. The van der Waals surface area contributed by atoms with E-state index in [1.165, 1.54) is 5.56 Å². The van der Waals surface area contributed by atoms with Crippen molar-refractivity contribution in [3.8, 4) is 0 Å². The highest BCUT2D eigenvalue weighted by atomic mass is 16.5. The second kappa shape index (κ2) is 5.38. The number of carbonyl (C=O) groups excluding carboxylic acids is 1. The molecule has 19 heavy (non-hydrogen) atoms. The number of rotatable bonds is 4. The van der Waals surface area contributed by atoms with Gasteiger partial charge in [-0.3, -0.25) is 4.79 Å². The third-order valence-corrected chi connectivity index (χ3v) is 3.32. The number of hydrogen-bond donors (Lipinski definition) is 0. The predicted octanol–water partition coefficient (Wildman–Crippen LogP) is 2.39. The van der Waals surface area contributed by atoms with Gasteiger partial charge < -0.3 is 4.74 Å². The molecule has 0 aliphatic rings. The Balaban J connectivity index is 2.22. The van der Waals surface area contributed by atoms with Crippen LogP contribution in [0.5, 0.6) is 0 Å². The fourth-order valence-corrected chi connectivity index (χ4v) is 1.81. The Bertz CT molecular complexity index is 604. The van der Waals surface area contributed by atoms with Crippen molar-refractivity contribution in [1.82, 2.24) is 15.0 Å². The number of benzene rings is 1. The Kier molecular flexibility index (Phi) is 3.83. The van der Waals surface area contributed by atoms with E-state index in [9.17, 15) is 4.79 Å². The first-order valence-corrected chi connectivity index (χ1v) is 6.51. The van der Waals surface area contributed by atoms with Crippen LogP contribution in [0.3, 0.4) is 0 Å². The lowest BCUT2D eigenvalue weighted by molar-refractivity contribution is -0.149. The molecule has 0 radical (unpaired) electrons. The molecule has 102 valence electrons. The van der Waals surface area contributed by atoms with Crippen LogP contribution in [-0.2, 0) is 16.1 Å². The Hall–Kier alpha value is -1.91. The lowest BCUT2D eigenvalue weighted by Crippen LogP contribution is -2.19. The summed E-state index contributed by atoms with van der Waals surface area (Å²) < 4.78 is 6.84. The van der Waals surface area contributed by atoms with E-state index in [4.69, 9.17) is 4.74 Å². The number of hydrogen-bond acceptors (Lipinski definition) is 4. The van der Waals surface area contributed by atoms with Gasteiger partial charge in [0.1, 0.15) is 12.1 Å². The topological polar surface area (TPSA) is 57.0 Å².